The van der Waals surface area contributed by atoms with E-state index in [4.69, 9.17) is 32.7 Å². The Hall–Kier alpha value is -2.98. The van der Waals surface area contributed by atoms with Crippen molar-refractivity contribution in [2.24, 2.45) is 0 Å². The highest BCUT2D eigenvalue weighted by Crippen LogP contribution is 2.34. The van der Waals surface area contributed by atoms with Crippen molar-refractivity contribution in [3.8, 4) is 17.6 Å². The Morgan fingerprint density at radius 1 is 1.12 bits per heavy atom. The summed E-state index contributed by atoms with van der Waals surface area (Å²) in [4.78, 5) is 12.7. The molecule has 0 unspecified atom stereocenters. The molecule has 0 aliphatic carbocycles. The smallest absolute Gasteiger partial charge is 0.266 e. The molecule has 8 heteroatoms. The fourth-order valence-corrected chi connectivity index (χ4v) is 3.58. The van der Waals surface area contributed by atoms with Gasteiger partial charge in [-0.3, -0.25) is 4.79 Å². The summed E-state index contributed by atoms with van der Waals surface area (Å²) < 4.78 is 12.0. The Balaban J connectivity index is 1.85. The van der Waals surface area contributed by atoms with Crippen LogP contribution in [0.5, 0.6) is 11.5 Å². The molecule has 3 rings (SSSR count). The molecule has 0 fully saturated rings. The van der Waals surface area contributed by atoms with Crippen LogP contribution in [0.15, 0.2) is 70.7 Å². The number of benzene rings is 3. The molecule has 0 saturated heterocycles. The summed E-state index contributed by atoms with van der Waals surface area (Å²) in [5.74, 6) is 0.400. The standard InChI is InChI=1S/C24H17BrCl2N2O3/c1-31-21-8-6-20(7-9-21)29-24(30)17(13-28)10-16-11-19(26)12-22(27)23(16)32-14-15-2-4-18(25)5-3-15/h2-12H,14H2,1H3,(H,29,30)/b17-10+. The highest BCUT2D eigenvalue weighted by atomic mass is 79.9. The third-order valence-corrected chi connectivity index (χ3v) is 5.37. The molecule has 0 atom stereocenters. The van der Waals surface area contributed by atoms with E-state index >= 15 is 0 Å². The number of nitriles is 1. The number of nitrogens with zero attached hydrogens (tertiary/aromatic N) is 1. The van der Waals surface area contributed by atoms with Crippen molar-refractivity contribution >= 4 is 56.8 Å². The van der Waals surface area contributed by atoms with E-state index in [9.17, 15) is 10.1 Å². The van der Waals surface area contributed by atoms with Crippen LogP contribution in [0.2, 0.25) is 10.0 Å². The molecule has 32 heavy (non-hydrogen) atoms. The lowest BCUT2D eigenvalue weighted by atomic mass is 10.1. The first-order valence-corrected chi connectivity index (χ1v) is 10.9. The molecular weight excluding hydrogens is 515 g/mol. The number of ether oxygens (including phenoxy) is 2. The van der Waals surface area contributed by atoms with Crippen LogP contribution >= 0.6 is 39.1 Å². The van der Waals surface area contributed by atoms with Crippen LogP contribution in [-0.4, -0.2) is 13.0 Å². The first-order valence-electron chi connectivity index (χ1n) is 9.33. The van der Waals surface area contributed by atoms with Gasteiger partial charge in [0.05, 0.1) is 12.1 Å². The molecule has 0 aromatic heterocycles. The summed E-state index contributed by atoms with van der Waals surface area (Å²) in [7, 11) is 1.55. The van der Waals surface area contributed by atoms with Gasteiger partial charge < -0.3 is 14.8 Å². The van der Waals surface area contributed by atoms with Gasteiger partial charge in [-0.25, -0.2) is 0 Å². The van der Waals surface area contributed by atoms with Crippen LogP contribution in [0.3, 0.4) is 0 Å². The summed E-state index contributed by atoms with van der Waals surface area (Å²) in [5, 5.41) is 12.9. The quantitative estimate of drug-likeness (QED) is 0.266. The van der Waals surface area contributed by atoms with E-state index in [1.54, 1.807) is 43.5 Å². The van der Waals surface area contributed by atoms with E-state index < -0.39 is 5.91 Å². The fraction of sp³-hybridized carbons (Fsp3) is 0.0833. The average Bonchev–Trinajstić information content (AvgIpc) is 2.78. The number of carbonyl (C=O) groups excluding carboxylic acids is 1. The van der Waals surface area contributed by atoms with Crippen LogP contribution in [0.1, 0.15) is 11.1 Å². The lowest BCUT2D eigenvalue weighted by Crippen LogP contribution is -2.13. The number of halogens is 3. The SMILES string of the molecule is COc1ccc(NC(=O)/C(C#N)=C/c2cc(Cl)cc(Cl)c2OCc2ccc(Br)cc2)cc1. The fourth-order valence-electron chi connectivity index (χ4n) is 2.75. The molecule has 3 aromatic carbocycles. The summed E-state index contributed by atoms with van der Waals surface area (Å²) in [6.45, 7) is 0.245. The lowest BCUT2D eigenvalue weighted by molar-refractivity contribution is -0.112. The minimum Gasteiger partial charge on any atom is -0.497 e. The first kappa shape index (κ1) is 23.7. The first-order chi connectivity index (χ1) is 15.4. The molecule has 0 radical (unpaired) electrons. The predicted molar refractivity (Wildman–Crippen MR) is 130 cm³/mol. The van der Waals surface area contributed by atoms with Crippen LogP contribution in [-0.2, 0) is 11.4 Å². The zero-order valence-electron chi connectivity index (χ0n) is 16.9. The van der Waals surface area contributed by atoms with Gasteiger partial charge in [-0.2, -0.15) is 5.26 Å². The Morgan fingerprint density at radius 3 is 2.44 bits per heavy atom. The minimum atomic E-state index is -0.576. The number of hydrogen-bond acceptors (Lipinski definition) is 4. The Labute approximate surface area is 204 Å². The molecule has 0 saturated carbocycles. The molecule has 0 bridgehead atoms. The molecule has 0 aliphatic rings. The number of methoxy groups -OCH3 is 1. The van der Waals surface area contributed by atoms with Crippen molar-refractivity contribution < 1.29 is 14.3 Å². The van der Waals surface area contributed by atoms with Gasteiger partial charge in [0.1, 0.15) is 29.7 Å². The third-order valence-electron chi connectivity index (χ3n) is 4.35. The minimum absolute atomic E-state index is 0.132. The van der Waals surface area contributed by atoms with Crippen molar-refractivity contribution in [2.45, 2.75) is 6.61 Å². The molecule has 0 spiro atoms. The van der Waals surface area contributed by atoms with Gasteiger partial charge in [-0.1, -0.05) is 51.3 Å². The van der Waals surface area contributed by atoms with Crippen LogP contribution in [0.25, 0.3) is 6.08 Å². The normalized spacial score (nSPS) is 10.9. The van der Waals surface area contributed by atoms with Crippen molar-refractivity contribution in [3.05, 3.63) is 91.9 Å². The van der Waals surface area contributed by atoms with E-state index in [0.29, 0.717) is 27.8 Å². The van der Waals surface area contributed by atoms with Gasteiger partial charge in [0.2, 0.25) is 0 Å². The Bertz CT molecular complexity index is 1190. The van der Waals surface area contributed by atoms with Crippen molar-refractivity contribution in [1.82, 2.24) is 0 Å². The summed E-state index contributed by atoms with van der Waals surface area (Å²) in [6, 6.07) is 19.4. The second-order valence-electron chi connectivity index (χ2n) is 6.57. The van der Waals surface area contributed by atoms with Crippen LogP contribution < -0.4 is 14.8 Å². The second kappa shape index (κ2) is 11.1. The Kier molecular flexibility index (Phi) is 8.18. The number of nitrogens with one attached hydrogen (secondary N) is 1. The van der Waals surface area contributed by atoms with Gasteiger partial charge in [0.25, 0.3) is 5.91 Å². The molecule has 1 amide bonds. The van der Waals surface area contributed by atoms with E-state index in [0.717, 1.165) is 10.0 Å². The maximum absolute atomic E-state index is 12.7. The van der Waals surface area contributed by atoms with E-state index in [1.165, 1.54) is 6.08 Å². The highest BCUT2D eigenvalue weighted by molar-refractivity contribution is 9.10. The zero-order valence-corrected chi connectivity index (χ0v) is 20.0. The predicted octanol–water partition coefficient (Wildman–Crippen LogP) is 6.89. The van der Waals surface area contributed by atoms with Gasteiger partial charge in [0, 0.05) is 20.7 Å². The van der Waals surface area contributed by atoms with Gasteiger partial charge in [-0.15, -0.1) is 0 Å². The van der Waals surface area contributed by atoms with Crippen LogP contribution in [0.4, 0.5) is 5.69 Å². The van der Waals surface area contributed by atoms with Gasteiger partial charge in [0.15, 0.2) is 0 Å². The van der Waals surface area contributed by atoms with Gasteiger partial charge in [-0.05, 0) is 60.2 Å². The summed E-state index contributed by atoms with van der Waals surface area (Å²) in [6.07, 6.45) is 1.40. The van der Waals surface area contributed by atoms with Gasteiger partial charge >= 0.3 is 0 Å². The molecule has 0 heterocycles. The molecule has 5 nitrogen and oxygen atoms in total. The van der Waals surface area contributed by atoms with Crippen LogP contribution in [0, 0.1) is 11.3 Å². The Morgan fingerprint density at radius 2 is 1.81 bits per heavy atom. The average molecular weight is 532 g/mol. The number of amides is 1. The molecule has 1 N–H and O–H groups in total. The largest absolute Gasteiger partial charge is 0.497 e. The summed E-state index contributed by atoms with van der Waals surface area (Å²) >= 11 is 15.9. The second-order valence-corrected chi connectivity index (χ2v) is 8.33. The van der Waals surface area contributed by atoms with E-state index in [-0.39, 0.29) is 17.2 Å². The maximum Gasteiger partial charge on any atom is 0.266 e. The monoisotopic (exact) mass is 530 g/mol. The topological polar surface area (TPSA) is 71.3 Å². The molecule has 0 aliphatic heterocycles. The maximum atomic E-state index is 12.7. The third kappa shape index (κ3) is 6.27. The van der Waals surface area contributed by atoms with Crippen molar-refractivity contribution in [1.29, 1.82) is 5.26 Å². The number of rotatable bonds is 7. The van der Waals surface area contributed by atoms with E-state index in [1.807, 2.05) is 30.3 Å². The number of anilines is 1. The highest BCUT2D eigenvalue weighted by Gasteiger charge is 2.15. The zero-order chi connectivity index (χ0) is 23.1. The molecular formula is C24H17BrCl2N2O3. The molecule has 3 aromatic rings. The van der Waals surface area contributed by atoms with Crippen molar-refractivity contribution in [3.63, 3.8) is 0 Å². The number of carbonyl (C=O) groups is 1. The van der Waals surface area contributed by atoms with Crippen molar-refractivity contribution in [2.75, 3.05) is 12.4 Å². The lowest BCUT2D eigenvalue weighted by Gasteiger charge is -2.13. The van der Waals surface area contributed by atoms with E-state index in [2.05, 4.69) is 21.2 Å². The molecule has 162 valence electrons. The summed E-state index contributed by atoms with van der Waals surface area (Å²) in [5.41, 5.74) is 1.73. The number of hydrogen-bond donors (Lipinski definition) is 1.